The Morgan fingerprint density at radius 3 is 2.38 bits per heavy atom. The Balaban J connectivity index is 1.62. The van der Waals surface area contributed by atoms with Crippen molar-refractivity contribution in [2.75, 3.05) is 57.4 Å². The minimum atomic E-state index is -1.73. The number of fused-ring (bicyclic) bond motifs is 2. The zero-order valence-corrected chi connectivity index (χ0v) is 23.2. The van der Waals surface area contributed by atoms with Crippen LogP contribution in [0.4, 0.5) is 5.69 Å². The lowest BCUT2D eigenvalue weighted by Gasteiger charge is -2.35. The average molecular weight is 548 g/mol. The summed E-state index contributed by atoms with van der Waals surface area (Å²) in [6.45, 7) is 8.68. The average Bonchev–Trinajstić information content (AvgIpc) is 3.35. The minimum Gasteiger partial charge on any atom is -0.507 e. The summed E-state index contributed by atoms with van der Waals surface area (Å²) in [5, 5.41) is 11.7. The number of para-hydroxylation sites is 1. The first kappa shape index (κ1) is 27.9. The lowest BCUT2D eigenvalue weighted by molar-refractivity contribution is -0.143. The number of Topliss-reactive ketones (excluding diaryl/α,β-unsaturated/α-hetero) is 1. The maximum absolute atomic E-state index is 14.5. The number of hydrogen-bond donors (Lipinski definition) is 1. The largest absolute Gasteiger partial charge is 0.507 e. The number of hydrogen-bond acceptors (Lipinski definition) is 7. The molecule has 1 N–H and O–H groups in total. The first-order valence-electron chi connectivity index (χ1n) is 14.2. The molecule has 40 heavy (non-hydrogen) atoms. The summed E-state index contributed by atoms with van der Waals surface area (Å²) in [4.78, 5) is 47.4. The van der Waals surface area contributed by atoms with Gasteiger partial charge in [0.15, 0.2) is 5.54 Å². The van der Waals surface area contributed by atoms with Crippen molar-refractivity contribution in [1.29, 1.82) is 0 Å². The Bertz CT molecular complexity index is 1300. The number of aliphatic hydroxyl groups is 1. The molecule has 0 aromatic heterocycles. The van der Waals surface area contributed by atoms with Gasteiger partial charge in [0.2, 0.25) is 0 Å². The standard InChI is InChI=1S/C31H37N3O6/c1-3-5-16-33-25-10-7-6-9-24(25)31(30(33)38)26(27(35)22-11-13-23(14-12-22)40-4-2)28(36)29(37)34(31)17-8-15-32-18-20-39-21-19-32/h6-7,9-14,35H,3-5,8,15-21H2,1-2H3/t31-/m0/s1. The van der Waals surface area contributed by atoms with Crippen LogP contribution in [-0.4, -0.2) is 85.0 Å². The van der Waals surface area contributed by atoms with Crippen LogP contribution in [0.2, 0.25) is 0 Å². The molecule has 3 aliphatic rings. The molecule has 2 aromatic carbocycles. The third-order valence-corrected chi connectivity index (χ3v) is 7.94. The third-order valence-electron chi connectivity index (χ3n) is 7.94. The number of benzene rings is 2. The van der Waals surface area contributed by atoms with Gasteiger partial charge < -0.3 is 24.4 Å². The highest BCUT2D eigenvalue weighted by Gasteiger charge is 2.66. The number of amides is 2. The molecule has 0 unspecified atom stereocenters. The fraction of sp³-hybridized carbons (Fsp3) is 0.452. The second kappa shape index (κ2) is 11.8. The number of unbranched alkanes of at least 4 members (excludes halogenated alkanes) is 1. The minimum absolute atomic E-state index is 0.176. The number of morpholine rings is 1. The molecule has 9 nitrogen and oxygen atoms in total. The summed E-state index contributed by atoms with van der Waals surface area (Å²) in [5.74, 6) is -1.74. The molecule has 3 aliphatic heterocycles. The van der Waals surface area contributed by atoms with E-state index in [0.29, 0.717) is 61.9 Å². The summed E-state index contributed by atoms with van der Waals surface area (Å²) >= 11 is 0. The highest BCUT2D eigenvalue weighted by molar-refractivity contribution is 6.50. The van der Waals surface area contributed by atoms with Gasteiger partial charge in [-0.05, 0) is 50.1 Å². The highest BCUT2D eigenvalue weighted by atomic mass is 16.5. The van der Waals surface area contributed by atoms with Gasteiger partial charge in [-0.25, -0.2) is 0 Å². The van der Waals surface area contributed by atoms with Crippen molar-refractivity contribution in [1.82, 2.24) is 9.80 Å². The molecule has 5 rings (SSSR count). The number of rotatable bonds is 10. The van der Waals surface area contributed by atoms with E-state index in [0.717, 1.165) is 25.9 Å². The first-order chi connectivity index (χ1) is 19.4. The van der Waals surface area contributed by atoms with Crippen LogP contribution < -0.4 is 9.64 Å². The van der Waals surface area contributed by atoms with E-state index >= 15 is 0 Å². The maximum Gasteiger partial charge on any atom is 0.296 e. The van der Waals surface area contributed by atoms with E-state index < -0.39 is 17.2 Å². The van der Waals surface area contributed by atoms with Crippen LogP contribution in [-0.2, 0) is 24.7 Å². The van der Waals surface area contributed by atoms with Gasteiger partial charge in [0.25, 0.3) is 17.6 Å². The topological polar surface area (TPSA) is 99.6 Å². The Labute approximate surface area is 235 Å². The lowest BCUT2D eigenvalue weighted by Crippen LogP contribution is -2.52. The van der Waals surface area contributed by atoms with Crippen molar-refractivity contribution in [3.8, 4) is 5.75 Å². The number of nitrogens with zero attached hydrogens (tertiary/aromatic N) is 3. The zero-order valence-electron chi connectivity index (χ0n) is 23.2. The predicted octanol–water partition coefficient (Wildman–Crippen LogP) is 3.53. The van der Waals surface area contributed by atoms with Gasteiger partial charge in [-0.1, -0.05) is 31.5 Å². The number of ether oxygens (including phenoxy) is 2. The Kier molecular flexibility index (Phi) is 8.23. The number of carbonyl (C=O) groups excluding carboxylic acids is 3. The van der Waals surface area contributed by atoms with Crippen molar-refractivity contribution in [2.24, 2.45) is 0 Å². The van der Waals surface area contributed by atoms with E-state index in [2.05, 4.69) is 4.90 Å². The summed E-state index contributed by atoms with van der Waals surface area (Å²) in [6, 6.07) is 14.0. The molecule has 1 spiro atoms. The SMILES string of the molecule is CCCCN1C(=O)[C@@]2(C(=C(O)c3ccc(OCC)cc3)C(=O)C(=O)N2CCCN2CCOCC2)c2ccccc21. The van der Waals surface area contributed by atoms with Crippen LogP contribution in [0, 0.1) is 0 Å². The number of ketones is 1. The van der Waals surface area contributed by atoms with Crippen LogP contribution >= 0.6 is 0 Å². The Hall–Kier alpha value is -3.69. The van der Waals surface area contributed by atoms with Crippen molar-refractivity contribution in [3.63, 3.8) is 0 Å². The fourth-order valence-corrected chi connectivity index (χ4v) is 6.00. The molecule has 1 atom stereocenters. The molecule has 0 bridgehead atoms. The molecule has 2 fully saturated rings. The van der Waals surface area contributed by atoms with Crippen molar-refractivity contribution in [2.45, 2.75) is 38.6 Å². The third kappa shape index (κ3) is 4.67. The van der Waals surface area contributed by atoms with Gasteiger partial charge in [0.1, 0.15) is 11.5 Å². The molecule has 9 heteroatoms. The fourth-order valence-electron chi connectivity index (χ4n) is 6.00. The smallest absolute Gasteiger partial charge is 0.296 e. The van der Waals surface area contributed by atoms with Crippen molar-refractivity contribution < 1.29 is 29.0 Å². The Morgan fingerprint density at radius 1 is 0.950 bits per heavy atom. The van der Waals surface area contributed by atoms with Crippen LogP contribution in [0.5, 0.6) is 5.75 Å². The van der Waals surface area contributed by atoms with E-state index in [-0.39, 0.29) is 23.8 Å². The number of anilines is 1. The summed E-state index contributed by atoms with van der Waals surface area (Å²) in [7, 11) is 0. The van der Waals surface area contributed by atoms with Gasteiger partial charge in [0.05, 0.1) is 31.1 Å². The molecule has 0 aliphatic carbocycles. The molecule has 212 valence electrons. The van der Waals surface area contributed by atoms with E-state index in [1.807, 2.05) is 32.0 Å². The van der Waals surface area contributed by atoms with Gasteiger partial charge in [-0.15, -0.1) is 0 Å². The first-order valence-corrected chi connectivity index (χ1v) is 14.2. The maximum atomic E-state index is 14.5. The monoisotopic (exact) mass is 547 g/mol. The number of aliphatic hydroxyl groups excluding tert-OH is 1. The van der Waals surface area contributed by atoms with Crippen LogP contribution in [0.3, 0.4) is 0 Å². The Morgan fingerprint density at radius 2 is 1.68 bits per heavy atom. The zero-order chi connectivity index (χ0) is 28.3. The van der Waals surface area contributed by atoms with Gasteiger partial charge >= 0.3 is 0 Å². The molecule has 3 heterocycles. The molecular weight excluding hydrogens is 510 g/mol. The molecule has 0 radical (unpaired) electrons. The van der Waals surface area contributed by atoms with Gasteiger partial charge in [-0.2, -0.15) is 0 Å². The molecule has 2 amide bonds. The van der Waals surface area contributed by atoms with Gasteiger partial charge in [-0.3, -0.25) is 19.3 Å². The molecule has 0 saturated carbocycles. The van der Waals surface area contributed by atoms with Crippen LogP contribution in [0.25, 0.3) is 5.76 Å². The quantitative estimate of drug-likeness (QED) is 0.276. The van der Waals surface area contributed by atoms with E-state index in [1.54, 1.807) is 35.2 Å². The second-order valence-corrected chi connectivity index (χ2v) is 10.3. The highest BCUT2D eigenvalue weighted by Crippen LogP contribution is 2.53. The lowest BCUT2D eigenvalue weighted by atomic mass is 9.82. The van der Waals surface area contributed by atoms with Crippen molar-refractivity contribution in [3.05, 3.63) is 65.2 Å². The summed E-state index contributed by atoms with van der Waals surface area (Å²) in [6.07, 6.45) is 2.21. The summed E-state index contributed by atoms with van der Waals surface area (Å²) in [5.41, 5.74) is -0.352. The van der Waals surface area contributed by atoms with E-state index in [1.165, 1.54) is 4.90 Å². The molecule has 2 aromatic rings. The molecule has 2 saturated heterocycles. The number of carbonyl (C=O) groups is 3. The van der Waals surface area contributed by atoms with Crippen LogP contribution in [0.15, 0.2) is 54.1 Å². The predicted molar refractivity (Wildman–Crippen MR) is 151 cm³/mol. The van der Waals surface area contributed by atoms with Gasteiger partial charge in [0, 0.05) is 43.9 Å². The number of likely N-dealkylation sites (tertiary alicyclic amines) is 1. The second-order valence-electron chi connectivity index (χ2n) is 10.3. The van der Waals surface area contributed by atoms with E-state index in [4.69, 9.17) is 9.47 Å². The van der Waals surface area contributed by atoms with Crippen LogP contribution in [0.1, 0.15) is 44.2 Å². The normalized spacial score (nSPS) is 22.4. The molecular formula is C31H37N3O6. The summed E-state index contributed by atoms with van der Waals surface area (Å²) < 4.78 is 11.0. The van der Waals surface area contributed by atoms with E-state index in [9.17, 15) is 19.5 Å². The van der Waals surface area contributed by atoms with Crippen molar-refractivity contribution >= 4 is 29.0 Å².